The zero-order valence-electron chi connectivity index (χ0n) is 21.1. The molecule has 0 saturated heterocycles. The summed E-state index contributed by atoms with van der Waals surface area (Å²) in [6.45, 7) is 4.34. The van der Waals surface area contributed by atoms with E-state index in [1.54, 1.807) is 21.9 Å². The van der Waals surface area contributed by atoms with Crippen molar-refractivity contribution in [1.29, 1.82) is 0 Å². The lowest BCUT2D eigenvalue weighted by Crippen LogP contribution is -2.51. The zero-order valence-corrected chi connectivity index (χ0v) is 21.9. The number of para-hydroxylation sites is 1. The number of carbonyl (C=O) groups excluding carboxylic acids is 2. The van der Waals surface area contributed by atoms with Crippen LogP contribution in [0.25, 0.3) is 0 Å². The van der Waals surface area contributed by atoms with Crippen LogP contribution in [-0.2, 0) is 38.9 Å². The molecule has 8 heteroatoms. The quantitative estimate of drug-likeness (QED) is 0.516. The number of hydrogen-bond donors (Lipinski definition) is 1. The monoisotopic (exact) mass is 517 g/mol. The Bertz CT molecular complexity index is 1440. The van der Waals surface area contributed by atoms with Crippen LogP contribution in [0.15, 0.2) is 77.7 Å². The third kappa shape index (κ3) is 4.91. The molecule has 0 bridgehead atoms. The molecule has 2 heterocycles. The van der Waals surface area contributed by atoms with Crippen molar-refractivity contribution in [2.75, 3.05) is 16.3 Å². The summed E-state index contributed by atoms with van der Waals surface area (Å²) >= 11 is 0. The fraction of sp³-hybridized carbons (Fsp3) is 0.310. The van der Waals surface area contributed by atoms with Crippen molar-refractivity contribution in [2.24, 2.45) is 0 Å². The number of hydrogen-bond acceptors (Lipinski definition) is 4. The number of nitrogens with zero attached hydrogens (tertiary/aromatic N) is 2. The average Bonchev–Trinajstić information content (AvgIpc) is 3.47. The summed E-state index contributed by atoms with van der Waals surface area (Å²) < 4.78 is 29.9. The molecule has 1 N–H and O–H groups in total. The normalized spacial score (nSPS) is 17.4. The molecular weight excluding hydrogens is 486 g/mol. The number of nitrogens with one attached hydrogen (secondary N) is 1. The number of rotatable bonds is 7. The minimum absolute atomic E-state index is 0.0148. The summed E-state index contributed by atoms with van der Waals surface area (Å²) in [7, 11) is -4.01. The van der Waals surface area contributed by atoms with Gasteiger partial charge in [0.15, 0.2) is 0 Å². The number of anilines is 2. The highest BCUT2D eigenvalue weighted by Gasteiger charge is 2.37. The van der Waals surface area contributed by atoms with Crippen LogP contribution in [0.3, 0.4) is 0 Å². The van der Waals surface area contributed by atoms with E-state index in [1.807, 2.05) is 68.4 Å². The summed E-state index contributed by atoms with van der Waals surface area (Å²) in [5, 5.41) is 0. The van der Waals surface area contributed by atoms with Gasteiger partial charge in [0, 0.05) is 30.4 Å². The number of benzene rings is 3. The van der Waals surface area contributed by atoms with Crippen LogP contribution in [0, 0.1) is 0 Å². The number of carbonyl (C=O) groups is 2. The molecule has 5 rings (SSSR count). The Hall–Kier alpha value is -3.49. The number of sulfonamides is 1. The van der Waals surface area contributed by atoms with Gasteiger partial charge < -0.3 is 9.80 Å². The van der Waals surface area contributed by atoms with E-state index in [2.05, 4.69) is 4.72 Å². The van der Waals surface area contributed by atoms with E-state index in [0.29, 0.717) is 19.4 Å². The number of fused-ring (bicyclic) bond motifs is 2. The molecule has 0 aliphatic carbocycles. The van der Waals surface area contributed by atoms with Gasteiger partial charge in [-0.25, -0.2) is 8.42 Å². The molecule has 2 aliphatic rings. The Labute approximate surface area is 218 Å². The summed E-state index contributed by atoms with van der Waals surface area (Å²) in [5.41, 5.74) is 4.35. The molecule has 2 atom stereocenters. The Morgan fingerprint density at radius 2 is 1.70 bits per heavy atom. The third-order valence-electron chi connectivity index (χ3n) is 7.18. The van der Waals surface area contributed by atoms with Crippen LogP contribution < -0.4 is 14.5 Å². The molecule has 0 radical (unpaired) electrons. The van der Waals surface area contributed by atoms with Crippen LogP contribution in [0.5, 0.6) is 0 Å². The molecule has 7 nitrogen and oxygen atoms in total. The molecule has 3 aromatic rings. The van der Waals surface area contributed by atoms with Crippen molar-refractivity contribution < 1.29 is 18.0 Å². The van der Waals surface area contributed by atoms with E-state index in [1.165, 1.54) is 6.07 Å². The third-order valence-corrected chi connectivity index (χ3v) is 8.65. The molecule has 2 amide bonds. The van der Waals surface area contributed by atoms with E-state index in [-0.39, 0.29) is 29.2 Å². The van der Waals surface area contributed by atoms with Crippen LogP contribution in [0.2, 0.25) is 0 Å². The van der Waals surface area contributed by atoms with Gasteiger partial charge >= 0.3 is 0 Å². The largest absolute Gasteiger partial charge is 0.312 e. The second-order valence-corrected chi connectivity index (χ2v) is 11.4. The first-order valence-electron chi connectivity index (χ1n) is 12.7. The first kappa shape index (κ1) is 25.2. The van der Waals surface area contributed by atoms with Crippen molar-refractivity contribution in [2.45, 2.75) is 56.5 Å². The summed E-state index contributed by atoms with van der Waals surface area (Å²) in [6, 6.07) is 21.0. The van der Waals surface area contributed by atoms with Gasteiger partial charge in [0.2, 0.25) is 21.8 Å². The number of amides is 2. The van der Waals surface area contributed by atoms with E-state index in [9.17, 15) is 18.0 Å². The summed E-state index contributed by atoms with van der Waals surface area (Å²) in [5.74, 6) is -0.258. The molecule has 0 fully saturated rings. The maximum atomic E-state index is 13.9. The van der Waals surface area contributed by atoms with E-state index in [4.69, 9.17) is 0 Å². The molecule has 192 valence electrons. The van der Waals surface area contributed by atoms with Gasteiger partial charge in [-0.3, -0.25) is 9.59 Å². The fourth-order valence-electron chi connectivity index (χ4n) is 5.35. The second kappa shape index (κ2) is 10.1. The molecule has 3 aromatic carbocycles. The predicted molar refractivity (Wildman–Crippen MR) is 144 cm³/mol. The lowest BCUT2D eigenvalue weighted by molar-refractivity contribution is -0.120. The summed E-state index contributed by atoms with van der Waals surface area (Å²) in [6.07, 6.45) is 1.94. The van der Waals surface area contributed by atoms with Crippen molar-refractivity contribution in [3.63, 3.8) is 0 Å². The van der Waals surface area contributed by atoms with Gasteiger partial charge in [0.25, 0.3) is 0 Å². The van der Waals surface area contributed by atoms with Crippen molar-refractivity contribution in [3.8, 4) is 0 Å². The van der Waals surface area contributed by atoms with Crippen LogP contribution >= 0.6 is 0 Å². The smallest absolute Gasteiger partial charge is 0.245 e. The highest BCUT2D eigenvalue weighted by molar-refractivity contribution is 7.89. The Balaban J connectivity index is 1.45. The predicted octanol–water partition coefficient (Wildman–Crippen LogP) is 3.85. The van der Waals surface area contributed by atoms with Gasteiger partial charge in [0.1, 0.15) is 6.04 Å². The lowest BCUT2D eigenvalue weighted by Gasteiger charge is -2.28. The maximum Gasteiger partial charge on any atom is 0.245 e. The Kier molecular flexibility index (Phi) is 6.88. The van der Waals surface area contributed by atoms with Gasteiger partial charge in [0.05, 0.1) is 4.90 Å². The molecule has 37 heavy (non-hydrogen) atoms. The van der Waals surface area contributed by atoms with Gasteiger partial charge in [-0.05, 0) is 67.1 Å². The van der Waals surface area contributed by atoms with Crippen molar-refractivity contribution in [1.82, 2.24) is 4.72 Å². The van der Waals surface area contributed by atoms with Gasteiger partial charge in [-0.15, -0.1) is 0 Å². The zero-order chi connectivity index (χ0) is 26.2. The molecule has 0 unspecified atom stereocenters. The van der Waals surface area contributed by atoms with Crippen LogP contribution in [0.1, 0.15) is 37.0 Å². The van der Waals surface area contributed by atoms with Gasteiger partial charge in [-0.2, -0.15) is 4.72 Å². The van der Waals surface area contributed by atoms with Crippen LogP contribution in [-0.4, -0.2) is 38.9 Å². The van der Waals surface area contributed by atoms with Crippen molar-refractivity contribution in [3.05, 3.63) is 89.5 Å². The summed E-state index contributed by atoms with van der Waals surface area (Å²) in [4.78, 5) is 29.7. The van der Waals surface area contributed by atoms with Gasteiger partial charge in [-0.1, -0.05) is 55.5 Å². The fourth-order valence-corrected chi connectivity index (χ4v) is 6.59. The molecular formula is C29H31N3O4S. The topological polar surface area (TPSA) is 86.8 Å². The first-order valence-corrected chi connectivity index (χ1v) is 14.2. The maximum absolute atomic E-state index is 13.9. The van der Waals surface area contributed by atoms with Crippen molar-refractivity contribution >= 4 is 33.2 Å². The SMILES string of the molecule is CCC(=O)N1CCc2cc(S(=O)(=O)N[C@@H](Cc3ccccc3)C(=O)N3c4ccccc4C[C@H]3C)ccc21. The molecule has 0 aromatic heterocycles. The highest BCUT2D eigenvalue weighted by Crippen LogP contribution is 2.33. The highest BCUT2D eigenvalue weighted by atomic mass is 32.2. The van der Waals surface area contributed by atoms with E-state index >= 15 is 0 Å². The standard InChI is InChI=1S/C29H31N3O4S/c1-3-28(33)31-16-15-23-19-24(13-14-26(23)31)37(35,36)30-25(18-21-9-5-4-6-10-21)29(34)32-20(2)17-22-11-7-8-12-27(22)32/h4-14,19-20,25,30H,3,15-18H2,1-2H3/t20-,25+/m1/s1. The minimum Gasteiger partial charge on any atom is -0.312 e. The second-order valence-electron chi connectivity index (χ2n) is 9.69. The Morgan fingerprint density at radius 1 is 0.973 bits per heavy atom. The molecule has 2 aliphatic heterocycles. The first-order chi connectivity index (χ1) is 17.8. The van der Waals surface area contributed by atoms with E-state index < -0.39 is 16.1 Å². The molecule has 0 spiro atoms. The minimum atomic E-state index is -4.01. The average molecular weight is 518 g/mol. The molecule has 0 saturated carbocycles. The lowest BCUT2D eigenvalue weighted by atomic mass is 10.1. The van der Waals surface area contributed by atoms with E-state index in [0.717, 1.165) is 34.5 Å². The van der Waals surface area contributed by atoms with Crippen LogP contribution in [0.4, 0.5) is 11.4 Å². The Morgan fingerprint density at radius 3 is 2.46 bits per heavy atom.